The van der Waals surface area contributed by atoms with Gasteiger partial charge in [-0.2, -0.15) is 0 Å². The highest BCUT2D eigenvalue weighted by Crippen LogP contribution is 2.20. The number of carbonyl (C=O) groups excluding carboxylic acids is 2. The lowest BCUT2D eigenvalue weighted by Gasteiger charge is -2.12. The van der Waals surface area contributed by atoms with E-state index in [0.717, 1.165) is 28.3 Å². The van der Waals surface area contributed by atoms with E-state index in [4.69, 9.17) is 4.74 Å². The van der Waals surface area contributed by atoms with Gasteiger partial charge in [-0.25, -0.2) is 0 Å². The predicted molar refractivity (Wildman–Crippen MR) is 125 cm³/mol. The molecule has 6 nitrogen and oxygen atoms in total. The second-order valence-corrected chi connectivity index (χ2v) is 7.16. The lowest BCUT2D eigenvalue weighted by molar-refractivity contribution is -0.114. The van der Waals surface area contributed by atoms with E-state index in [0.29, 0.717) is 17.9 Å². The summed E-state index contributed by atoms with van der Waals surface area (Å²) in [4.78, 5) is 24.7. The average molecular weight is 418 g/mol. The van der Waals surface area contributed by atoms with Crippen molar-refractivity contribution in [1.82, 2.24) is 0 Å². The Morgan fingerprint density at radius 1 is 0.806 bits per heavy atom. The second-order valence-electron chi connectivity index (χ2n) is 7.16. The van der Waals surface area contributed by atoms with Gasteiger partial charge in [0.05, 0.1) is 13.2 Å². The number of carbonyl (C=O) groups is 2. The van der Waals surface area contributed by atoms with Crippen LogP contribution in [-0.4, -0.2) is 25.0 Å². The Morgan fingerprint density at radius 2 is 1.42 bits per heavy atom. The van der Waals surface area contributed by atoms with E-state index in [1.54, 1.807) is 36.4 Å². The molecule has 0 heterocycles. The van der Waals surface area contributed by atoms with Crippen LogP contribution in [0.15, 0.2) is 66.7 Å². The molecule has 0 saturated carbocycles. The van der Waals surface area contributed by atoms with E-state index in [-0.39, 0.29) is 18.4 Å². The van der Waals surface area contributed by atoms with Gasteiger partial charge in [0.15, 0.2) is 0 Å². The van der Waals surface area contributed by atoms with Gasteiger partial charge in [-0.1, -0.05) is 18.2 Å². The van der Waals surface area contributed by atoms with Crippen LogP contribution in [0.3, 0.4) is 0 Å². The van der Waals surface area contributed by atoms with E-state index in [1.807, 2.05) is 51.1 Å². The van der Waals surface area contributed by atoms with Crippen LogP contribution >= 0.6 is 0 Å². The van der Waals surface area contributed by atoms with Gasteiger partial charge in [-0.3, -0.25) is 9.59 Å². The summed E-state index contributed by atoms with van der Waals surface area (Å²) < 4.78 is 5.40. The molecule has 3 rings (SSSR count). The fourth-order valence-electron chi connectivity index (χ4n) is 3.12. The normalized spacial score (nSPS) is 10.3. The SMILES string of the molecule is CCOc1ccc(NC(=O)c2ccc(NCC(=O)Nc3c(C)cccc3C)cc2)cc1. The molecule has 6 heteroatoms. The Hall–Kier alpha value is -3.80. The van der Waals surface area contributed by atoms with E-state index in [9.17, 15) is 9.59 Å². The summed E-state index contributed by atoms with van der Waals surface area (Å²) in [6, 6.07) is 20.1. The maximum atomic E-state index is 12.4. The molecule has 0 aliphatic heterocycles. The second kappa shape index (κ2) is 10.3. The Balaban J connectivity index is 1.52. The molecule has 0 bridgehead atoms. The Labute approximate surface area is 182 Å². The third-order valence-corrected chi connectivity index (χ3v) is 4.77. The van der Waals surface area contributed by atoms with Gasteiger partial charge in [0.1, 0.15) is 5.75 Å². The molecule has 31 heavy (non-hydrogen) atoms. The Kier molecular flexibility index (Phi) is 7.27. The van der Waals surface area contributed by atoms with Crippen molar-refractivity contribution in [2.24, 2.45) is 0 Å². The van der Waals surface area contributed by atoms with Gasteiger partial charge in [-0.05, 0) is 80.4 Å². The van der Waals surface area contributed by atoms with Crippen molar-refractivity contribution in [2.45, 2.75) is 20.8 Å². The monoisotopic (exact) mass is 417 g/mol. The quantitative estimate of drug-likeness (QED) is 0.482. The third kappa shape index (κ3) is 6.09. The van der Waals surface area contributed by atoms with Crippen molar-refractivity contribution in [3.63, 3.8) is 0 Å². The summed E-state index contributed by atoms with van der Waals surface area (Å²) in [5.41, 5.74) is 4.87. The summed E-state index contributed by atoms with van der Waals surface area (Å²) in [6.07, 6.45) is 0. The standard InChI is InChI=1S/C25H27N3O3/c1-4-31-22-14-12-21(13-15-22)27-25(30)19-8-10-20(11-9-19)26-16-23(29)28-24-17(2)6-5-7-18(24)3/h5-15,26H,4,16H2,1-3H3,(H,27,30)(H,28,29). The van der Waals surface area contributed by atoms with Gasteiger partial charge < -0.3 is 20.7 Å². The number of benzene rings is 3. The third-order valence-electron chi connectivity index (χ3n) is 4.77. The summed E-state index contributed by atoms with van der Waals surface area (Å²) in [5.74, 6) is 0.427. The average Bonchev–Trinajstić information content (AvgIpc) is 2.77. The molecule has 0 atom stereocenters. The highest BCUT2D eigenvalue weighted by atomic mass is 16.5. The minimum Gasteiger partial charge on any atom is -0.494 e. The number of amides is 2. The number of anilines is 3. The maximum Gasteiger partial charge on any atom is 0.255 e. The summed E-state index contributed by atoms with van der Waals surface area (Å²) in [6.45, 7) is 6.58. The van der Waals surface area contributed by atoms with Gasteiger partial charge in [0.25, 0.3) is 5.91 Å². The number of nitrogens with one attached hydrogen (secondary N) is 3. The minimum absolute atomic E-state index is 0.130. The number of ether oxygens (including phenoxy) is 1. The van der Waals surface area contributed by atoms with Gasteiger partial charge >= 0.3 is 0 Å². The molecule has 2 amide bonds. The number of rotatable bonds is 8. The first-order valence-corrected chi connectivity index (χ1v) is 10.2. The molecular formula is C25H27N3O3. The zero-order chi connectivity index (χ0) is 22.2. The van der Waals surface area contributed by atoms with E-state index in [2.05, 4.69) is 16.0 Å². The van der Waals surface area contributed by atoms with Crippen LogP contribution in [0.25, 0.3) is 0 Å². The van der Waals surface area contributed by atoms with Crippen LogP contribution in [0.2, 0.25) is 0 Å². The highest BCUT2D eigenvalue weighted by Gasteiger charge is 2.09. The number of hydrogen-bond donors (Lipinski definition) is 3. The molecule has 0 aliphatic rings. The minimum atomic E-state index is -0.205. The first-order chi connectivity index (χ1) is 15.0. The maximum absolute atomic E-state index is 12.4. The number of aryl methyl sites for hydroxylation is 2. The fourth-order valence-corrected chi connectivity index (χ4v) is 3.12. The lowest BCUT2D eigenvalue weighted by atomic mass is 10.1. The summed E-state index contributed by atoms with van der Waals surface area (Å²) in [7, 11) is 0. The Morgan fingerprint density at radius 3 is 2.03 bits per heavy atom. The van der Waals surface area contributed by atoms with Gasteiger partial charge in [-0.15, -0.1) is 0 Å². The van der Waals surface area contributed by atoms with Crippen LogP contribution < -0.4 is 20.7 Å². The van der Waals surface area contributed by atoms with Crippen LogP contribution in [-0.2, 0) is 4.79 Å². The molecule has 0 unspecified atom stereocenters. The number of hydrogen-bond acceptors (Lipinski definition) is 4. The summed E-state index contributed by atoms with van der Waals surface area (Å²) >= 11 is 0. The first kappa shape index (κ1) is 21.9. The number of para-hydroxylation sites is 1. The van der Waals surface area contributed by atoms with Crippen LogP contribution in [0.5, 0.6) is 5.75 Å². The molecule has 0 aromatic heterocycles. The zero-order valence-electron chi connectivity index (χ0n) is 18.0. The molecule has 160 valence electrons. The van der Waals surface area contributed by atoms with Crippen molar-refractivity contribution >= 4 is 28.9 Å². The Bertz CT molecular complexity index is 1020. The molecular weight excluding hydrogens is 390 g/mol. The fraction of sp³-hybridized carbons (Fsp3) is 0.200. The van der Waals surface area contributed by atoms with Crippen LogP contribution in [0.4, 0.5) is 17.1 Å². The lowest BCUT2D eigenvalue weighted by Crippen LogP contribution is -2.22. The highest BCUT2D eigenvalue weighted by molar-refractivity contribution is 6.04. The first-order valence-electron chi connectivity index (χ1n) is 10.2. The molecule has 0 spiro atoms. The van der Waals surface area contributed by atoms with Gasteiger partial charge in [0.2, 0.25) is 5.91 Å². The van der Waals surface area contributed by atoms with Crippen molar-refractivity contribution in [3.05, 3.63) is 83.4 Å². The van der Waals surface area contributed by atoms with Crippen molar-refractivity contribution in [3.8, 4) is 5.75 Å². The van der Waals surface area contributed by atoms with Crippen molar-refractivity contribution in [1.29, 1.82) is 0 Å². The van der Waals surface area contributed by atoms with Crippen molar-refractivity contribution in [2.75, 3.05) is 29.1 Å². The largest absolute Gasteiger partial charge is 0.494 e. The molecule has 3 aromatic carbocycles. The van der Waals surface area contributed by atoms with Gasteiger partial charge in [0, 0.05) is 22.6 Å². The molecule has 0 fully saturated rings. The van der Waals surface area contributed by atoms with Crippen LogP contribution in [0, 0.1) is 13.8 Å². The predicted octanol–water partition coefficient (Wildman–Crippen LogP) is 5.01. The summed E-state index contributed by atoms with van der Waals surface area (Å²) in [5, 5.41) is 8.88. The van der Waals surface area contributed by atoms with Crippen molar-refractivity contribution < 1.29 is 14.3 Å². The zero-order valence-corrected chi connectivity index (χ0v) is 18.0. The van der Waals surface area contributed by atoms with E-state index in [1.165, 1.54) is 0 Å². The van der Waals surface area contributed by atoms with E-state index >= 15 is 0 Å². The smallest absolute Gasteiger partial charge is 0.255 e. The topological polar surface area (TPSA) is 79.5 Å². The van der Waals surface area contributed by atoms with E-state index < -0.39 is 0 Å². The molecule has 0 saturated heterocycles. The molecule has 0 radical (unpaired) electrons. The molecule has 3 N–H and O–H groups in total. The van der Waals surface area contributed by atoms with Crippen LogP contribution in [0.1, 0.15) is 28.4 Å². The molecule has 0 aliphatic carbocycles. The molecule has 3 aromatic rings.